The normalized spacial score (nSPS) is 13.0. The standard InChI is InChI=1S/C15H11Cl3N2O/c16-10-1-8(2-11(17)5-10)7-19-14-3-9-4-15(21)20-13(9)6-12(14)18/h1-3,5-6,19H,4,7H2,(H,20,21). The molecule has 2 aromatic rings. The van der Waals surface area contributed by atoms with Crippen LogP contribution in [-0.2, 0) is 17.8 Å². The van der Waals surface area contributed by atoms with Crippen molar-refractivity contribution in [3.8, 4) is 0 Å². The van der Waals surface area contributed by atoms with Gasteiger partial charge >= 0.3 is 0 Å². The van der Waals surface area contributed by atoms with Crippen molar-refractivity contribution in [2.24, 2.45) is 0 Å². The van der Waals surface area contributed by atoms with Crippen LogP contribution in [0.15, 0.2) is 30.3 Å². The summed E-state index contributed by atoms with van der Waals surface area (Å²) in [4.78, 5) is 11.4. The van der Waals surface area contributed by atoms with Crippen molar-refractivity contribution < 1.29 is 4.79 Å². The van der Waals surface area contributed by atoms with Gasteiger partial charge in [-0.25, -0.2) is 0 Å². The third-order valence-corrected chi connectivity index (χ3v) is 3.97. The number of fused-ring (bicyclic) bond motifs is 1. The maximum Gasteiger partial charge on any atom is 0.228 e. The minimum atomic E-state index is -0.0140. The molecule has 0 atom stereocenters. The Hall–Kier alpha value is -1.42. The van der Waals surface area contributed by atoms with Gasteiger partial charge in [-0.2, -0.15) is 0 Å². The lowest BCUT2D eigenvalue weighted by atomic mass is 10.1. The third-order valence-electron chi connectivity index (χ3n) is 3.22. The van der Waals surface area contributed by atoms with Gasteiger partial charge in [0.25, 0.3) is 0 Å². The Balaban J connectivity index is 1.79. The van der Waals surface area contributed by atoms with Crippen molar-refractivity contribution in [2.75, 3.05) is 10.6 Å². The number of carbonyl (C=O) groups excluding carboxylic acids is 1. The van der Waals surface area contributed by atoms with Crippen molar-refractivity contribution in [3.05, 3.63) is 56.5 Å². The number of rotatable bonds is 3. The van der Waals surface area contributed by atoms with Crippen LogP contribution < -0.4 is 10.6 Å². The van der Waals surface area contributed by atoms with Crippen LogP contribution in [0.1, 0.15) is 11.1 Å². The molecule has 0 fully saturated rings. The summed E-state index contributed by atoms with van der Waals surface area (Å²) in [6.07, 6.45) is 0.379. The average Bonchev–Trinajstić information content (AvgIpc) is 2.74. The van der Waals surface area contributed by atoms with Crippen LogP contribution >= 0.6 is 34.8 Å². The van der Waals surface area contributed by atoms with Crippen molar-refractivity contribution in [3.63, 3.8) is 0 Å². The fraction of sp³-hybridized carbons (Fsp3) is 0.133. The molecule has 0 unspecified atom stereocenters. The molecule has 21 heavy (non-hydrogen) atoms. The summed E-state index contributed by atoms with van der Waals surface area (Å²) in [5.74, 6) is -0.0140. The molecular formula is C15H11Cl3N2O. The van der Waals surface area contributed by atoms with Crippen molar-refractivity contribution >= 4 is 52.1 Å². The molecule has 2 N–H and O–H groups in total. The number of halogens is 3. The Morgan fingerprint density at radius 2 is 1.76 bits per heavy atom. The fourth-order valence-corrected chi connectivity index (χ4v) is 3.10. The zero-order valence-electron chi connectivity index (χ0n) is 10.8. The first-order chi connectivity index (χ1) is 10.0. The van der Waals surface area contributed by atoms with Crippen molar-refractivity contribution in [1.29, 1.82) is 0 Å². The van der Waals surface area contributed by atoms with E-state index in [0.717, 1.165) is 22.5 Å². The third kappa shape index (κ3) is 3.26. The van der Waals surface area contributed by atoms with Crippen LogP contribution in [0.4, 0.5) is 11.4 Å². The summed E-state index contributed by atoms with van der Waals surface area (Å²) in [7, 11) is 0. The van der Waals surface area contributed by atoms with Crippen LogP contribution in [0, 0.1) is 0 Å². The number of hydrogen-bond donors (Lipinski definition) is 2. The molecule has 1 amide bonds. The molecule has 0 aromatic heterocycles. The summed E-state index contributed by atoms with van der Waals surface area (Å²) in [6, 6.07) is 9.02. The SMILES string of the molecule is O=C1Cc2cc(NCc3cc(Cl)cc(Cl)c3)c(Cl)cc2N1. The molecule has 1 heterocycles. The molecule has 1 aliphatic rings. The summed E-state index contributed by atoms with van der Waals surface area (Å²) < 4.78 is 0. The molecule has 0 saturated carbocycles. The van der Waals surface area contributed by atoms with Gasteiger partial charge in [0.15, 0.2) is 0 Å². The van der Waals surface area contributed by atoms with Crippen molar-refractivity contribution in [1.82, 2.24) is 0 Å². The second-order valence-electron chi connectivity index (χ2n) is 4.85. The van der Waals surface area contributed by atoms with Crippen LogP contribution in [0.5, 0.6) is 0 Å². The Kier molecular flexibility index (Phi) is 3.98. The molecule has 108 valence electrons. The van der Waals surface area contributed by atoms with Crippen LogP contribution in [0.2, 0.25) is 15.1 Å². The maximum atomic E-state index is 11.4. The summed E-state index contributed by atoms with van der Waals surface area (Å²) in [5, 5.41) is 7.75. The van der Waals surface area contributed by atoms with Gasteiger partial charge in [-0.3, -0.25) is 4.79 Å². The number of amides is 1. The van der Waals surface area contributed by atoms with Gasteiger partial charge in [0, 0.05) is 22.3 Å². The highest BCUT2D eigenvalue weighted by atomic mass is 35.5. The topological polar surface area (TPSA) is 41.1 Å². The first-order valence-corrected chi connectivity index (χ1v) is 7.46. The molecule has 6 heteroatoms. The number of nitrogens with one attached hydrogen (secondary N) is 2. The molecule has 1 aliphatic heterocycles. The van der Waals surface area contributed by atoms with E-state index in [1.807, 2.05) is 18.2 Å². The van der Waals surface area contributed by atoms with E-state index in [0.29, 0.717) is 28.0 Å². The molecule has 0 saturated heterocycles. The molecule has 0 spiro atoms. The van der Waals surface area contributed by atoms with Crippen molar-refractivity contribution in [2.45, 2.75) is 13.0 Å². The summed E-state index contributed by atoms with van der Waals surface area (Å²) >= 11 is 18.2. The summed E-state index contributed by atoms with van der Waals surface area (Å²) in [5.41, 5.74) is 3.46. The monoisotopic (exact) mass is 340 g/mol. The smallest absolute Gasteiger partial charge is 0.228 e. The van der Waals surface area contributed by atoms with Crippen LogP contribution in [-0.4, -0.2) is 5.91 Å². The maximum absolute atomic E-state index is 11.4. The van der Waals surface area contributed by atoms with Crippen LogP contribution in [0.3, 0.4) is 0 Å². The van der Waals surface area contributed by atoms with E-state index in [9.17, 15) is 4.79 Å². The Morgan fingerprint density at radius 3 is 2.48 bits per heavy atom. The molecule has 3 rings (SSSR count). The minimum Gasteiger partial charge on any atom is -0.380 e. The Labute approximate surface area is 137 Å². The van der Waals surface area contributed by atoms with E-state index < -0.39 is 0 Å². The van der Waals surface area contributed by atoms with Crippen LogP contribution in [0.25, 0.3) is 0 Å². The molecule has 0 bridgehead atoms. The fourth-order valence-electron chi connectivity index (χ4n) is 2.29. The van der Waals surface area contributed by atoms with Gasteiger partial charge < -0.3 is 10.6 Å². The second-order valence-corrected chi connectivity index (χ2v) is 6.13. The van der Waals surface area contributed by atoms with E-state index in [2.05, 4.69) is 10.6 Å². The predicted molar refractivity (Wildman–Crippen MR) is 87.6 cm³/mol. The van der Waals surface area contributed by atoms with Gasteiger partial charge in [-0.1, -0.05) is 34.8 Å². The highest BCUT2D eigenvalue weighted by Gasteiger charge is 2.19. The number of hydrogen-bond acceptors (Lipinski definition) is 2. The average molecular weight is 342 g/mol. The Bertz CT molecular complexity index is 711. The van der Waals surface area contributed by atoms with E-state index >= 15 is 0 Å². The minimum absolute atomic E-state index is 0.0140. The van der Waals surface area contributed by atoms with E-state index in [-0.39, 0.29) is 5.91 Å². The molecule has 3 nitrogen and oxygen atoms in total. The lowest BCUT2D eigenvalue weighted by Crippen LogP contribution is -2.03. The quantitative estimate of drug-likeness (QED) is 0.845. The molecular weight excluding hydrogens is 331 g/mol. The highest BCUT2D eigenvalue weighted by Crippen LogP contribution is 2.33. The van der Waals surface area contributed by atoms with E-state index in [1.54, 1.807) is 12.1 Å². The summed E-state index contributed by atoms with van der Waals surface area (Å²) in [6.45, 7) is 0.542. The first kappa shape index (κ1) is 14.5. The molecule has 0 aliphatic carbocycles. The molecule has 2 aromatic carbocycles. The van der Waals surface area contributed by atoms with Gasteiger partial charge in [0.1, 0.15) is 0 Å². The zero-order chi connectivity index (χ0) is 15.0. The van der Waals surface area contributed by atoms with E-state index in [1.165, 1.54) is 0 Å². The lowest BCUT2D eigenvalue weighted by Gasteiger charge is -2.11. The number of carbonyl (C=O) groups is 1. The highest BCUT2D eigenvalue weighted by molar-refractivity contribution is 6.35. The van der Waals surface area contributed by atoms with Gasteiger partial charge in [0.05, 0.1) is 17.1 Å². The van der Waals surface area contributed by atoms with Gasteiger partial charge in [0.2, 0.25) is 5.91 Å². The number of benzene rings is 2. The van der Waals surface area contributed by atoms with Gasteiger partial charge in [-0.05, 0) is 41.5 Å². The molecule has 0 radical (unpaired) electrons. The zero-order valence-corrected chi connectivity index (χ0v) is 13.1. The largest absolute Gasteiger partial charge is 0.380 e. The number of anilines is 2. The predicted octanol–water partition coefficient (Wildman–Crippen LogP) is 4.75. The first-order valence-electron chi connectivity index (χ1n) is 6.32. The lowest BCUT2D eigenvalue weighted by molar-refractivity contribution is -0.115. The second kappa shape index (κ2) is 5.76. The Morgan fingerprint density at radius 1 is 1.05 bits per heavy atom. The van der Waals surface area contributed by atoms with E-state index in [4.69, 9.17) is 34.8 Å². The van der Waals surface area contributed by atoms with Gasteiger partial charge in [-0.15, -0.1) is 0 Å².